The van der Waals surface area contributed by atoms with Gasteiger partial charge in [0.1, 0.15) is 0 Å². The third-order valence-corrected chi connectivity index (χ3v) is 1.50. The fourth-order valence-corrected chi connectivity index (χ4v) is 0. The van der Waals surface area contributed by atoms with Crippen molar-refractivity contribution in [3.05, 3.63) is 0 Å². The van der Waals surface area contributed by atoms with Crippen LogP contribution in [0.15, 0.2) is 0 Å². The van der Waals surface area contributed by atoms with E-state index in [1.807, 2.05) is 0 Å². The summed E-state index contributed by atoms with van der Waals surface area (Å²) in [5, 5.41) is 13.9. The smallest absolute Gasteiger partial charge is 0.450 e. The summed E-state index contributed by atoms with van der Waals surface area (Å²) < 4.78 is 1.46. The van der Waals surface area contributed by atoms with Gasteiger partial charge in [0.25, 0.3) is 0 Å². The number of carboxylic acid groups (broad SMARTS) is 2. The Morgan fingerprint density at radius 3 is 1.75 bits per heavy atom. The number of hydrogen-bond donors (Lipinski definition) is 2. The van der Waals surface area contributed by atoms with Crippen molar-refractivity contribution in [1.82, 2.24) is 0 Å². The van der Waals surface area contributed by atoms with Crippen molar-refractivity contribution in [2.24, 2.45) is 0 Å². The van der Waals surface area contributed by atoms with Crippen LogP contribution in [0, 0.1) is 0 Å². The van der Waals surface area contributed by atoms with Gasteiger partial charge in [-0.3, -0.25) is 0 Å². The molecule has 0 saturated carbocycles. The van der Waals surface area contributed by atoms with Gasteiger partial charge in [-0.15, -0.1) is 0 Å². The third kappa shape index (κ3) is 108. The van der Waals surface area contributed by atoms with E-state index in [-0.39, 0.29) is 0 Å². The van der Waals surface area contributed by atoms with Gasteiger partial charge in [0.05, 0.1) is 0 Å². The molecule has 8 heavy (non-hydrogen) atoms. The van der Waals surface area contributed by atoms with Gasteiger partial charge in [-0.2, -0.15) is 0 Å². The molecule has 0 aromatic carbocycles. The molecule has 0 saturated heterocycles. The van der Waals surface area contributed by atoms with E-state index in [0.29, 0.717) is 0 Å². The second-order valence-corrected chi connectivity index (χ2v) is 2.28. The van der Waals surface area contributed by atoms with Crippen LogP contribution in [0.25, 0.3) is 0 Å². The van der Waals surface area contributed by atoms with Gasteiger partial charge in [-0.25, -0.2) is 4.79 Å². The van der Waals surface area contributed by atoms with E-state index in [1.54, 1.807) is 0 Å². The number of hydrogen-bond acceptors (Lipinski definition) is 1. The first-order valence-electron chi connectivity index (χ1n) is 2.57. The molecule has 0 unspecified atom stereocenters. The van der Waals surface area contributed by atoms with E-state index in [4.69, 9.17) is 15.0 Å². The first kappa shape index (κ1) is 11.1. The Morgan fingerprint density at radius 2 is 1.75 bits per heavy atom. The van der Waals surface area contributed by atoms with E-state index in [2.05, 4.69) is 6.92 Å². The molecule has 44 valence electrons. The number of carbonyl (C=O) groups is 1. The van der Waals surface area contributed by atoms with E-state index in [0.717, 1.165) is 0 Å². The second-order valence-electron chi connectivity index (χ2n) is 1.28. The van der Waals surface area contributed by atoms with Crippen LogP contribution in [0.2, 0.25) is 3.67 Å². The van der Waals surface area contributed by atoms with Crippen LogP contribution < -0.4 is 0 Å². The molecule has 0 atom stereocenters. The fourth-order valence-electron chi connectivity index (χ4n) is 0. The van der Waals surface area contributed by atoms with Crippen LogP contribution in [0.5, 0.6) is 0 Å². The summed E-state index contributed by atoms with van der Waals surface area (Å²) in [5.74, 6) is 0. The van der Waals surface area contributed by atoms with Gasteiger partial charge in [0, 0.05) is 0 Å². The van der Waals surface area contributed by atoms with E-state index in [1.165, 1.54) is 38.0 Å². The topological polar surface area (TPSA) is 57.5 Å². The summed E-state index contributed by atoms with van der Waals surface area (Å²) in [7, 11) is 0. The summed E-state index contributed by atoms with van der Waals surface area (Å²) in [4.78, 5) is 8.56. The largest absolute Gasteiger partial charge is 0.503 e. The van der Waals surface area contributed by atoms with Crippen molar-refractivity contribution in [1.29, 1.82) is 0 Å². The van der Waals surface area contributed by atoms with Crippen LogP contribution in [-0.4, -0.2) is 44.3 Å². The first-order valence-corrected chi connectivity index (χ1v) is 3.98. The average Bonchev–Trinajstić information content (AvgIpc) is 1.65. The van der Waals surface area contributed by atoms with Crippen molar-refractivity contribution in [2.45, 2.75) is 17.0 Å². The van der Waals surface area contributed by atoms with Crippen LogP contribution in [0.3, 0.4) is 0 Å². The predicted molar refractivity (Wildman–Crippen MR) is 31.5 cm³/mol. The predicted octanol–water partition coefficient (Wildman–Crippen LogP) is 1.21. The normalized spacial score (nSPS) is 6.88. The Bertz CT molecular complexity index is 49.2. The maximum absolute atomic E-state index is 8.56. The molecule has 0 bridgehead atoms. The maximum atomic E-state index is 8.56. The van der Waals surface area contributed by atoms with Gasteiger partial charge in [0.15, 0.2) is 0 Å². The molecule has 0 aliphatic rings. The van der Waals surface area contributed by atoms with Crippen molar-refractivity contribution in [3.8, 4) is 0 Å². The van der Waals surface area contributed by atoms with Gasteiger partial charge in [-0.1, -0.05) is 0 Å². The fraction of sp³-hybridized carbons (Fsp3) is 0.750. The SMILES string of the molecule is CC[CH2][Na].O=C(O)O. The summed E-state index contributed by atoms with van der Waals surface area (Å²) in [5.41, 5.74) is 0. The molecule has 0 aliphatic heterocycles. The molecule has 3 nitrogen and oxygen atoms in total. The van der Waals surface area contributed by atoms with Gasteiger partial charge < -0.3 is 10.2 Å². The minimum atomic E-state index is -1.83. The Balaban J connectivity index is 0. The molecular formula is C4H9NaO3. The Kier molecular flexibility index (Phi) is 14.3. The Hall–Kier alpha value is 0.270. The number of rotatable bonds is 1. The van der Waals surface area contributed by atoms with Crippen molar-refractivity contribution >= 4 is 34.1 Å². The van der Waals surface area contributed by atoms with E-state index >= 15 is 0 Å². The van der Waals surface area contributed by atoms with Crippen LogP contribution >= 0.6 is 0 Å². The average molecular weight is 128 g/mol. The summed E-state index contributed by atoms with van der Waals surface area (Å²) in [6.07, 6.45) is -0.452. The molecular weight excluding hydrogens is 119 g/mol. The minimum absolute atomic E-state index is 1.38. The summed E-state index contributed by atoms with van der Waals surface area (Å²) in [6, 6.07) is 0. The standard InChI is InChI=1S/C3H7.CH2O3.Na/c1-3-2;2-1(3)4;/h1,3H2,2H3;(H2,2,3,4);. The Labute approximate surface area is 66.1 Å². The Morgan fingerprint density at radius 1 is 1.62 bits per heavy atom. The van der Waals surface area contributed by atoms with Gasteiger partial charge >= 0.3 is 51.1 Å². The van der Waals surface area contributed by atoms with Crippen LogP contribution in [0.4, 0.5) is 4.79 Å². The minimum Gasteiger partial charge on any atom is -0.450 e. The zero-order valence-electron chi connectivity index (χ0n) is 5.22. The van der Waals surface area contributed by atoms with Crippen LogP contribution in [0.1, 0.15) is 13.3 Å². The van der Waals surface area contributed by atoms with Crippen molar-refractivity contribution in [2.75, 3.05) is 0 Å². The molecule has 0 amide bonds. The maximum Gasteiger partial charge on any atom is 0.503 e. The molecule has 4 heteroatoms. The third-order valence-electron chi connectivity index (χ3n) is 0.500. The monoisotopic (exact) mass is 128 g/mol. The second kappa shape index (κ2) is 10.3. The molecule has 0 radical (unpaired) electrons. The first-order chi connectivity index (χ1) is 3.65. The molecule has 0 fully saturated rings. The molecule has 0 aromatic heterocycles. The van der Waals surface area contributed by atoms with Gasteiger partial charge in [0.2, 0.25) is 0 Å². The van der Waals surface area contributed by atoms with Crippen molar-refractivity contribution in [3.63, 3.8) is 0 Å². The van der Waals surface area contributed by atoms with Crippen LogP contribution in [-0.2, 0) is 0 Å². The van der Waals surface area contributed by atoms with Gasteiger partial charge in [-0.05, 0) is 0 Å². The van der Waals surface area contributed by atoms with Crippen molar-refractivity contribution < 1.29 is 15.0 Å². The quantitative estimate of drug-likeness (QED) is 0.522. The molecule has 0 heterocycles. The summed E-state index contributed by atoms with van der Waals surface area (Å²) >= 11 is 1.39. The molecule has 0 aliphatic carbocycles. The summed E-state index contributed by atoms with van der Waals surface area (Å²) in [6.45, 7) is 2.22. The molecule has 0 rings (SSSR count). The van der Waals surface area contributed by atoms with E-state index < -0.39 is 6.16 Å². The zero-order chi connectivity index (χ0) is 6.99. The molecule has 0 aromatic rings. The molecule has 0 spiro atoms. The zero-order valence-corrected chi connectivity index (χ0v) is 7.22. The molecule has 2 N–H and O–H groups in total. The van der Waals surface area contributed by atoms with E-state index in [9.17, 15) is 0 Å².